The zero-order valence-electron chi connectivity index (χ0n) is 11.4. The summed E-state index contributed by atoms with van der Waals surface area (Å²) in [6.07, 6.45) is 3.90. The van der Waals surface area contributed by atoms with E-state index in [-0.39, 0.29) is 30.8 Å². The van der Waals surface area contributed by atoms with Crippen LogP contribution in [0.1, 0.15) is 26.8 Å². The molecule has 0 atom stereocenters. The summed E-state index contributed by atoms with van der Waals surface area (Å²) in [6.45, 7) is 4.09. The van der Waals surface area contributed by atoms with Crippen LogP contribution in [0.3, 0.4) is 0 Å². The molecule has 0 unspecified atom stereocenters. The van der Waals surface area contributed by atoms with Crippen LogP contribution < -0.4 is 22.3 Å². The topological polar surface area (TPSA) is 139 Å². The molecule has 21 heavy (non-hydrogen) atoms. The predicted molar refractivity (Wildman–Crippen MR) is 83.8 cm³/mol. The van der Waals surface area contributed by atoms with E-state index in [9.17, 15) is 9.59 Å². The predicted octanol–water partition coefficient (Wildman–Crippen LogP) is -0.0722. The van der Waals surface area contributed by atoms with Crippen molar-refractivity contribution < 1.29 is 4.79 Å². The number of nitrogen functional groups attached to an aromatic ring is 1. The highest BCUT2D eigenvalue weighted by Crippen LogP contribution is 1.98. The third-order valence-electron chi connectivity index (χ3n) is 2.58. The molecule has 0 saturated carbocycles. The molecule has 0 fully saturated rings. The van der Waals surface area contributed by atoms with Crippen molar-refractivity contribution in [1.29, 1.82) is 0 Å². The monoisotopic (exact) mass is 294 g/mol. The largest absolute Gasteiger partial charge is 0.370 e. The second kappa shape index (κ2) is 8.51. The molecular weight excluding hydrogens is 272 g/mol. The molecule has 2 rings (SSSR count). The van der Waals surface area contributed by atoms with Crippen LogP contribution in [0, 0.1) is 0 Å². The van der Waals surface area contributed by atoms with Gasteiger partial charge in [0, 0.05) is 17.3 Å². The van der Waals surface area contributed by atoms with E-state index < -0.39 is 0 Å². The van der Waals surface area contributed by atoms with Crippen LogP contribution in [0.25, 0.3) is 0 Å². The number of hydrogen-bond donors (Lipinski definition) is 4. The summed E-state index contributed by atoms with van der Waals surface area (Å²) in [5.74, 6) is 0.229. The maximum atomic E-state index is 10.9. The number of hydrogen-bond acceptors (Lipinski definition) is 6. The van der Waals surface area contributed by atoms with Gasteiger partial charge in [0.25, 0.3) is 11.5 Å². The van der Waals surface area contributed by atoms with Gasteiger partial charge in [-0.3, -0.25) is 19.9 Å². The van der Waals surface area contributed by atoms with Crippen molar-refractivity contribution in [3.8, 4) is 0 Å². The molecule has 0 aromatic carbocycles. The van der Waals surface area contributed by atoms with Gasteiger partial charge in [0.1, 0.15) is 0 Å². The van der Waals surface area contributed by atoms with E-state index in [0.29, 0.717) is 24.1 Å². The van der Waals surface area contributed by atoms with Crippen molar-refractivity contribution >= 4 is 17.8 Å². The SMILES string of the molecule is C.C/C=C1\CN=C(N)NC1=O.CCc1cnc(N)[nH]c1=O. The lowest BCUT2D eigenvalue weighted by Crippen LogP contribution is -2.41. The third kappa shape index (κ3) is 5.47. The summed E-state index contributed by atoms with van der Waals surface area (Å²) < 4.78 is 0. The van der Waals surface area contributed by atoms with E-state index in [2.05, 4.69) is 20.3 Å². The van der Waals surface area contributed by atoms with Gasteiger partial charge in [0.05, 0.1) is 6.54 Å². The lowest BCUT2D eigenvalue weighted by atomic mass is 10.2. The van der Waals surface area contributed by atoms with Crippen LogP contribution in [0.4, 0.5) is 5.95 Å². The highest BCUT2D eigenvalue weighted by molar-refractivity contribution is 6.07. The first-order valence-electron chi connectivity index (χ1n) is 6.08. The Morgan fingerprint density at radius 1 is 1.38 bits per heavy atom. The van der Waals surface area contributed by atoms with Gasteiger partial charge in [-0.15, -0.1) is 0 Å². The molecule has 8 nitrogen and oxygen atoms in total. The fraction of sp³-hybridized carbons (Fsp3) is 0.385. The van der Waals surface area contributed by atoms with Gasteiger partial charge in [-0.1, -0.05) is 20.4 Å². The molecule has 1 aliphatic rings. The van der Waals surface area contributed by atoms with Gasteiger partial charge in [-0.25, -0.2) is 9.98 Å². The summed E-state index contributed by atoms with van der Waals surface area (Å²) in [5.41, 5.74) is 11.6. The van der Waals surface area contributed by atoms with Crippen LogP contribution in [0.2, 0.25) is 0 Å². The first kappa shape index (κ1) is 18.4. The maximum absolute atomic E-state index is 10.9. The highest BCUT2D eigenvalue weighted by Gasteiger charge is 2.13. The average Bonchev–Trinajstić information content (AvgIpc) is 2.40. The highest BCUT2D eigenvalue weighted by atomic mass is 16.2. The zero-order chi connectivity index (χ0) is 15.1. The Labute approximate surface area is 123 Å². The first-order valence-corrected chi connectivity index (χ1v) is 6.08. The number of carbonyl (C=O) groups is 1. The summed E-state index contributed by atoms with van der Waals surface area (Å²) >= 11 is 0. The minimum absolute atomic E-state index is 0. The fourth-order valence-electron chi connectivity index (χ4n) is 1.39. The van der Waals surface area contributed by atoms with Gasteiger partial charge in [-0.2, -0.15) is 0 Å². The molecule has 0 saturated heterocycles. The van der Waals surface area contributed by atoms with Crippen LogP contribution in [-0.4, -0.2) is 28.4 Å². The van der Waals surface area contributed by atoms with Gasteiger partial charge in [0.2, 0.25) is 0 Å². The van der Waals surface area contributed by atoms with E-state index in [1.165, 1.54) is 6.20 Å². The van der Waals surface area contributed by atoms with Gasteiger partial charge >= 0.3 is 0 Å². The normalized spacial score (nSPS) is 15.2. The van der Waals surface area contributed by atoms with Crippen LogP contribution >= 0.6 is 0 Å². The van der Waals surface area contributed by atoms with Gasteiger partial charge in [0.15, 0.2) is 11.9 Å². The van der Waals surface area contributed by atoms with Crippen molar-refractivity contribution in [2.45, 2.75) is 27.7 Å². The Kier molecular flexibility index (Phi) is 7.44. The summed E-state index contributed by atoms with van der Waals surface area (Å²) in [4.78, 5) is 31.8. The molecule has 1 aliphatic heterocycles. The second-order valence-electron chi connectivity index (χ2n) is 3.95. The minimum atomic E-state index is -0.144. The lowest BCUT2D eigenvalue weighted by molar-refractivity contribution is -0.116. The van der Waals surface area contributed by atoms with Gasteiger partial charge in [-0.05, 0) is 13.3 Å². The number of amides is 1. The molecule has 1 aromatic heterocycles. The second-order valence-corrected chi connectivity index (χ2v) is 3.95. The number of nitrogens with one attached hydrogen (secondary N) is 2. The van der Waals surface area contributed by atoms with Crippen molar-refractivity contribution in [2.75, 3.05) is 12.3 Å². The van der Waals surface area contributed by atoms with E-state index in [1.807, 2.05) is 6.92 Å². The third-order valence-corrected chi connectivity index (χ3v) is 2.58. The molecule has 0 bridgehead atoms. The molecule has 1 amide bonds. The number of nitrogens with zero attached hydrogens (tertiary/aromatic N) is 2. The standard InChI is InChI=1S/2C6H9N3O.CH4/c2*1-2-4-3-8-6(7)9-5(4)10;/h3H,2H2,1H3,(H3,7,8,9,10);2H,3H2,1H3,(H3,7,8,9,10);1H4/b;4-2+;. The number of rotatable bonds is 1. The summed E-state index contributed by atoms with van der Waals surface area (Å²) in [7, 11) is 0. The number of aliphatic imine (C=N–C) groups is 1. The Hall–Kier alpha value is -2.64. The van der Waals surface area contributed by atoms with Crippen LogP contribution in [0.15, 0.2) is 27.6 Å². The fourth-order valence-corrected chi connectivity index (χ4v) is 1.39. The molecule has 2 heterocycles. The number of anilines is 1. The van der Waals surface area contributed by atoms with E-state index in [4.69, 9.17) is 11.5 Å². The zero-order valence-corrected chi connectivity index (χ0v) is 11.4. The smallest absolute Gasteiger partial charge is 0.255 e. The number of allylic oxidation sites excluding steroid dienone is 1. The average molecular weight is 294 g/mol. The molecule has 0 spiro atoms. The van der Waals surface area contributed by atoms with Crippen molar-refractivity contribution in [2.24, 2.45) is 10.7 Å². The van der Waals surface area contributed by atoms with Crippen molar-refractivity contribution in [3.63, 3.8) is 0 Å². The molecule has 0 radical (unpaired) electrons. The number of aromatic nitrogens is 2. The van der Waals surface area contributed by atoms with Crippen molar-refractivity contribution in [1.82, 2.24) is 15.3 Å². The molecule has 116 valence electrons. The molecular formula is C13H22N6O2. The van der Waals surface area contributed by atoms with E-state index in [0.717, 1.165) is 0 Å². The summed E-state index contributed by atoms with van der Waals surface area (Å²) in [5, 5.41) is 2.40. The Morgan fingerprint density at radius 3 is 2.52 bits per heavy atom. The molecule has 0 aliphatic carbocycles. The minimum Gasteiger partial charge on any atom is -0.370 e. The van der Waals surface area contributed by atoms with Crippen LogP contribution in [-0.2, 0) is 11.2 Å². The lowest BCUT2D eigenvalue weighted by Gasteiger charge is -2.11. The number of nitrogens with two attached hydrogens (primary N) is 2. The van der Waals surface area contributed by atoms with Gasteiger partial charge < -0.3 is 11.5 Å². The quantitative estimate of drug-likeness (QED) is 0.537. The number of aryl methyl sites for hydroxylation is 1. The number of carbonyl (C=O) groups excluding carboxylic acids is 1. The Morgan fingerprint density at radius 2 is 2.05 bits per heavy atom. The van der Waals surface area contributed by atoms with Crippen LogP contribution in [0.5, 0.6) is 0 Å². The number of H-pyrrole nitrogens is 1. The molecule has 1 aromatic rings. The van der Waals surface area contributed by atoms with Crippen molar-refractivity contribution in [3.05, 3.63) is 33.8 Å². The Bertz CT molecular complexity index is 603. The maximum Gasteiger partial charge on any atom is 0.255 e. The molecule has 8 heteroatoms. The number of guanidine groups is 1. The number of aromatic amines is 1. The van der Waals surface area contributed by atoms with E-state index in [1.54, 1.807) is 13.0 Å². The summed E-state index contributed by atoms with van der Waals surface area (Å²) in [6, 6.07) is 0. The Balaban J connectivity index is 0.000000364. The molecule has 6 N–H and O–H groups in total. The van der Waals surface area contributed by atoms with E-state index >= 15 is 0 Å². The first-order chi connectivity index (χ1) is 9.47.